The molecule has 2 N–H and O–H groups in total. The van der Waals surface area contributed by atoms with Gasteiger partial charge in [-0.05, 0) is 53.9 Å². The fourth-order valence-electron chi connectivity index (χ4n) is 5.25. The normalized spacial score (nSPS) is 17.9. The van der Waals surface area contributed by atoms with Gasteiger partial charge in [0.15, 0.2) is 0 Å². The molecule has 2 amide bonds. The summed E-state index contributed by atoms with van der Waals surface area (Å²) in [5.41, 5.74) is 4.22. The minimum absolute atomic E-state index is 0.00841. The summed E-state index contributed by atoms with van der Waals surface area (Å²) in [6, 6.07) is 16.4. The van der Waals surface area contributed by atoms with Crippen molar-refractivity contribution in [1.82, 2.24) is 10.2 Å². The number of amides is 2. The number of aliphatic carboxylic acids is 1. The second kappa shape index (κ2) is 9.12. The first-order chi connectivity index (χ1) is 16.4. The van der Waals surface area contributed by atoms with E-state index < -0.39 is 17.6 Å². The minimum atomic E-state index is -0.776. The number of rotatable bonds is 9. The predicted molar refractivity (Wildman–Crippen MR) is 126 cm³/mol. The van der Waals surface area contributed by atoms with Crippen LogP contribution in [-0.2, 0) is 14.3 Å². The third-order valence-corrected chi connectivity index (χ3v) is 7.37. The number of carboxylic acid groups (broad SMARTS) is 1. The molecule has 178 valence electrons. The van der Waals surface area contributed by atoms with Gasteiger partial charge in [-0.15, -0.1) is 0 Å². The summed E-state index contributed by atoms with van der Waals surface area (Å²) in [6.45, 7) is 1.62. The van der Waals surface area contributed by atoms with Crippen LogP contribution in [0.15, 0.2) is 48.5 Å². The standard InChI is InChI=1S/C27H30N2O5/c30-24(29-15-18(16-29)6-5-11-25(31)32)14-27(12-13-27)28-26(33)34-17-23-21-9-3-1-7-19(21)20-8-2-4-10-22(20)23/h1-4,7-10,18,23H,5-6,11-17H2,(H,28,33)(H,31,32). The Balaban J connectivity index is 1.10. The molecule has 34 heavy (non-hydrogen) atoms. The molecule has 1 aliphatic heterocycles. The zero-order valence-corrected chi connectivity index (χ0v) is 19.2. The van der Waals surface area contributed by atoms with Crippen LogP contribution in [0.5, 0.6) is 0 Å². The number of carboxylic acids is 1. The summed E-state index contributed by atoms with van der Waals surface area (Å²) in [5.74, 6) is -0.337. The molecule has 0 radical (unpaired) electrons. The lowest BCUT2D eigenvalue weighted by Crippen LogP contribution is -2.52. The topological polar surface area (TPSA) is 95.9 Å². The van der Waals surface area contributed by atoms with Crippen LogP contribution >= 0.6 is 0 Å². The van der Waals surface area contributed by atoms with E-state index in [2.05, 4.69) is 29.6 Å². The maximum atomic E-state index is 12.7. The van der Waals surface area contributed by atoms with Gasteiger partial charge in [-0.25, -0.2) is 4.79 Å². The molecule has 0 atom stereocenters. The number of nitrogens with zero attached hydrogens (tertiary/aromatic N) is 1. The van der Waals surface area contributed by atoms with Crippen molar-refractivity contribution >= 4 is 18.0 Å². The Morgan fingerprint density at radius 3 is 2.21 bits per heavy atom. The van der Waals surface area contributed by atoms with E-state index >= 15 is 0 Å². The number of likely N-dealkylation sites (tertiary alicyclic amines) is 1. The Bertz CT molecular complexity index is 1060. The van der Waals surface area contributed by atoms with E-state index in [1.165, 1.54) is 22.3 Å². The molecular formula is C27H30N2O5. The highest BCUT2D eigenvalue weighted by Crippen LogP contribution is 2.45. The molecule has 2 aliphatic carbocycles. The van der Waals surface area contributed by atoms with Crippen LogP contribution in [0.4, 0.5) is 4.79 Å². The number of carbonyl (C=O) groups is 3. The summed E-state index contributed by atoms with van der Waals surface area (Å²) >= 11 is 0. The average Bonchev–Trinajstić information content (AvgIpc) is 3.45. The molecule has 5 rings (SSSR count). The third kappa shape index (κ3) is 4.65. The zero-order valence-electron chi connectivity index (χ0n) is 19.2. The van der Waals surface area contributed by atoms with Crippen LogP contribution < -0.4 is 5.32 Å². The molecule has 2 aromatic carbocycles. The van der Waals surface area contributed by atoms with Crippen molar-refractivity contribution in [3.05, 3.63) is 59.7 Å². The van der Waals surface area contributed by atoms with Crippen LogP contribution in [0.25, 0.3) is 11.1 Å². The molecule has 0 spiro atoms. The van der Waals surface area contributed by atoms with Crippen molar-refractivity contribution in [2.45, 2.75) is 50.0 Å². The molecule has 7 nitrogen and oxygen atoms in total. The number of hydrogen-bond donors (Lipinski definition) is 2. The van der Waals surface area contributed by atoms with Gasteiger partial charge in [0, 0.05) is 25.4 Å². The second-order valence-electron chi connectivity index (χ2n) is 9.86. The first-order valence-corrected chi connectivity index (χ1v) is 12.1. The molecule has 0 unspecified atom stereocenters. The van der Waals surface area contributed by atoms with Crippen LogP contribution in [0.3, 0.4) is 0 Å². The van der Waals surface area contributed by atoms with Crippen molar-refractivity contribution in [1.29, 1.82) is 0 Å². The monoisotopic (exact) mass is 462 g/mol. The van der Waals surface area contributed by atoms with Gasteiger partial charge in [0.2, 0.25) is 5.91 Å². The van der Waals surface area contributed by atoms with E-state index in [1.807, 2.05) is 29.2 Å². The van der Waals surface area contributed by atoms with Gasteiger partial charge >= 0.3 is 12.1 Å². The molecule has 7 heteroatoms. The molecule has 2 fully saturated rings. The highest BCUT2D eigenvalue weighted by molar-refractivity contribution is 5.81. The van der Waals surface area contributed by atoms with Crippen molar-refractivity contribution < 1.29 is 24.2 Å². The number of hydrogen-bond acceptors (Lipinski definition) is 4. The van der Waals surface area contributed by atoms with Gasteiger partial charge in [-0.1, -0.05) is 48.5 Å². The lowest BCUT2D eigenvalue weighted by Gasteiger charge is -2.40. The first kappa shape index (κ1) is 22.4. The fourth-order valence-corrected chi connectivity index (χ4v) is 5.25. The average molecular weight is 463 g/mol. The van der Waals surface area contributed by atoms with Crippen molar-refractivity contribution in [3.63, 3.8) is 0 Å². The Hall–Kier alpha value is -3.35. The van der Waals surface area contributed by atoms with Gasteiger partial charge in [-0.2, -0.15) is 0 Å². The third-order valence-electron chi connectivity index (χ3n) is 7.37. The number of benzene rings is 2. The van der Waals surface area contributed by atoms with Crippen molar-refractivity contribution in [2.24, 2.45) is 5.92 Å². The molecule has 0 bridgehead atoms. The summed E-state index contributed by atoms with van der Waals surface area (Å²) in [6.07, 6.45) is 3.03. The largest absolute Gasteiger partial charge is 0.481 e. The summed E-state index contributed by atoms with van der Waals surface area (Å²) in [4.78, 5) is 37.7. The summed E-state index contributed by atoms with van der Waals surface area (Å²) in [5, 5.41) is 11.7. The predicted octanol–water partition coefficient (Wildman–Crippen LogP) is 4.16. The lowest BCUT2D eigenvalue weighted by molar-refractivity contribution is -0.140. The zero-order chi connectivity index (χ0) is 23.7. The molecule has 0 aromatic heterocycles. The maximum absolute atomic E-state index is 12.7. The van der Waals surface area contributed by atoms with Crippen LogP contribution in [0.1, 0.15) is 55.6 Å². The van der Waals surface area contributed by atoms with Crippen LogP contribution in [-0.4, -0.2) is 53.2 Å². The number of fused-ring (bicyclic) bond motifs is 3. The Morgan fingerprint density at radius 2 is 1.62 bits per heavy atom. The van der Waals surface area contributed by atoms with Crippen LogP contribution in [0, 0.1) is 5.92 Å². The number of carbonyl (C=O) groups excluding carboxylic acids is 2. The molecule has 3 aliphatic rings. The van der Waals surface area contributed by atoms with E-state index in [0.717, 1.165) is 19.3 Å². The molecule has 1 heterocycles. The van der Waals surface area contributed by atoms with E-state index in [9.17, 15) is 14.4 Å². The Kier molecular flexibility index (Phi) is 6.02. The van der Waals surface area contributed by atoms with E-state index in [-0.39, 0.29) is 24.9 Å². The summed E-state index contributed by atoms with van der Waals surface area (Å²) in [7, 11) is 0. The van der Waals surface area contributed by atoms with Gasteiger partial charge in [-0.3, -0.25) is 9.59 Å². The molecular weight excluding hydrogens is 432 g/mol. The fraction of sp³-hybridized carbons (Fsp3) is 0.444. The summed E-state index contributed by atoms with van der Waals surface area (Å²) < 4.78 is 5.66. The van der Waals surface area contributed by atoms with Crippen LogP contribution in [0.2, 0.25) is 0 Å². The Morgan fingerprint density at radius 1 is 1.00 bits per heavy atom. The Labute approximate surface area is 199 Å². The quantitative estimate of drug-likeness (QED) is 0.583. The van der Waals surface area contributed by atoms with E-state index in [1.54, 1.807) is 0 Å². The molecule has 1 saturated heterocycles. The van der Waals surface area contributed by atoms with E-state index in [4.69, 9.17) is 9.84 Å². The van der Waals surface area contributed by atoms with Gasteiger partial charge in [0.05, 0.1) is 12.0 Å². The lowest BCUT2D eigenvalue weighted by atomic mass is 9.93. The van der Waals surface area contributed by atoms with Gasteiger partial charge in [0.25, 0.3) is 0 Å². The highest BCUT2D eigenvalue weighted by atomic mass is 16.5. The smallest absolute Gasteiger partial charge is 0.407 e. The number of ether oxygens (including phenoxy) is 1. The minimum Gasteiger partial charge on any atom is -0.481 e. The van der Waals surface area contributed by atoms with Crippen molar-refractivity contribution in [3.8, 4) is 11.1 Å². The van der Waals surface area contributed by atoms with Gasteiger partial charge in [0.1, 0.15) is 6.61 Å². The van der Waals surface area contributed by atoms with Crippen molar-refractivity contribution in [2.75, 3.05) is 19.7 Å². The second-order valence-corrected chi connectivity index (χ2v) is 9.86. The molecule has 1 saturated carbocycles. The SMILES string of the molecule is O=C(O)CCCC1CN(C(=O)CC2(NC(=O)OCC3c4ccccc4-c4ccccc43)CC2)C1. The maximum Gasteiger partial charge on any atom is 0.407 e. The van der Waals surface area contributed by atoms with E-state index in [0.29, 0.717) is 31.8 Å². The first-order valence-electron chi connectivity index (χ1n) is 12.1. The molecule has 2 aromatic rings. The number of nitrogens with one attached hydrogen (secondary N) is 1. The highest BCUT2D eigenvalue weighted by Gasteiger charge is 2.48. The van der Waals surface area contributed by atoms with Gasteiger partial charge < -0.3 is 20.1 Å². The number of alkyl carbamates (subject to hydrolysis) is 1.